The van der Waals surface area contributed by atoms with Crippen molar-refractivity contribution in [2.45, 2.75) is 13.5 Å². The van der Waals surface area contributed by atoms with E-state index in [0.717, 1.165) is 9.75 Å². The molecule has 0 fully saturated rings. The van der Waals surface area contributed by atoms with Crippen LogP contribution in [0.3, 0.4) is 0 Å². The molecule has 0 radical (unpaired) electrons. The summed E-state index contributed by atoms with van der Waals surface area (Å²) in [6, 6.07) is 3.87. The van der Waals surface area contributed by atoms with Crippen molar-refractivity contribution < 1.29 is 9.90 Å². The summed E-state index contributed by atoms with van der Waals surface area (Å²) in [5.74, 6) is 0.710. The molecule has 0 amide bonds. The number of thioether (sulfide) groups is 1. The molecule has 1 N–H and O–H groups in total. The van der Waals surface area contributed by atoms with Crippen molar-refractivity contribution in [3.63, 3.8) is 0 Å². The lowest BCUT2D eigenvalue weighted by molar-refractivity contribution is -0.109. The van der Waals surface area contributed by atoms with E-state index in [2.05, 4.69) is 0 Å². The van der Waals surface area contributed by atoms with E-state index in [0.29, 0.717) is 5.75 Å². The summed E-state index contributed by atoms with van der Waals surface area (Å²) in [6.45, 7) is 1.66. The Labute approximate surface area is 91.7 Å². The van der Waals surface area contributed by atoms with Crippen LogP contribution in [0, 0.1) is 0 Å². The summed E-state index contributed by atoms with van der Waals surface area (Å²) in [5.41, 5.74) is 0. The zero-order valence-corrected chi connectivity index (χ0v) is 9.53. The molecule has 4 heteroatoms. The molecule has 0 aliphatic carbocycles. The second-order valence-electron chi connectivity index (χ2n) is 2.67. The van der Waals surface area contributed by atoms with E-state index >= 15 is 0 Å². The van der Waals surface area contributed by atoms with Gasteiger partial charge < -0.3 is 5.11 Å². The maximum absolute atomic E-state index is 10.6. The van der Waals surface area contributed by atoms with E-state index in [4.69, 9.17) is 5.11 Å². The number of aliphatic hydroxyl groups excluding tert-OH is 1. The van der Waals surface area contributed by atoms with Crippen LogP contribution in [0.2, 0.25) is 0 Å². The lowest BCUT2D eigenvalue weighted by Crippen LogP contribution is -1.80. The lowest BCUT2D eigenvalue weighted by Gasteiger charge is -1.87. The average molecular weight is 228 g/mol. The summed E-state index contributed by atoms with van der Waals surface area (Å²) in [4.78, 5) is 12.7. The second kappa shape index (κ2) is 6.01. The summed E-state index contributed by atoms with van der Waals surface area (Å²) in [5, 5.41) is 8.97. The molecule has 0 unspecified atom stereocenters. The van der Waals surface area contributed by atoms with E-state index in [1.807, 2.05) is 24.3 Å². The molecule has 0 aliphatic rings. The maximum atomic E-state index is 10.6. The Morgan fingerprint density at radius 1 is 1.64 bits per heavy atom. The van der Waals surface area contributed by atoms with Gasteiger partial charge in [0, 0.05) is 22.4 Å². The van der Waals surface area contributed by atoms with Crippen LogP contribution in [0.25, 0.3) is 6.08 Å². The molecule has 0 saturated carbocycles. The van der Waals surface area contributed by atoms with Gasteiger partial charge in [0.15, 0.2) is 5.12 Å². The van der Waals surface area contributed by atoms with Gasteiger partial charge in [0.2, 0.25) is 0 Å². The first-order valence-electron chi connectivity index (χ1n) is 4.22. The highest BCUT2D eigenvalue weighted by Gasteiger charge is 1.95. The number of rotatable bonds is 4. The molecule has 2 nitrogen and oxygen atoms in total. The third kappa shape index (κ3) is 4.09. The van der Waals surface area contributed by atoms with E-state index in [-0.39, 0.29) is 11.7 Å². The summed E-state index contributed by atoms with van der Waals surface area (Å²) in [7, 11) is 0. The predicted octanol–water partition coefficient (Wildman–Crippen LogP) is 2.53. The third-order valence-electron chi connectivity index (χ3n) is 1.50. The fourth-order valence-corrected chi connectivity index (χ4v) is 2.13. The van der Waals surface area contributed by atoms with Crippen molar-refractivity contribution in [2.75, 3.05) is 5.75 Å². The first-order chi connectivity index (χ1) is 6.72. The van der Waals surface area contributed by atoms with Crippen LogP contribution in [-0.4, -0.2) is 16.0 Å². The van der Waals surface area contributed by atoms with Gasteiger partial charge in [0.1, 0.15) is 0 Å². The van der Waals surface area contributed by atoms with Crippen LogP contribution in [-0.2, 0) is 11.4 Å². The molecular weight excluding hydrogens is 216 g/mol. The number of carbonyl (C=O) groups excluding carboxylic acids is 1. The van der Waals surface area contributed by atoms with Crippen molar-refractivity contribution in [1.82, 2.24) is 0 Å². The monoisotopic (exact) mass is 228 g/mol. The zero-order valence-electron chi connectivity index (χ0n) is 7.90. The Balaban J connectivity index is 2.39. The van der Waals surface area contributed by atoms with Crippen molar-refractivity contribution in [2.24, 2.45) is 0 Å². The van der Waals surface area contributed by atoms with Crippen molar-refractivity contribution >= 4 is 34.3 Å². The highest BCUT2D eigenvalue weighted by molar-refractivity contribution is 8.13. The van der Waals surface area contributed by atoms with Gasteiger partial charge in [0.25, 0.3) is 0 Å². The Morgan fingerprint density at radius 2 is 2.43 bits per heavy atom. The molecule has 0 atom stereocenters. The molecule has 1 aromatic rings. The van der Waals surface area contributed by atoms with Crippen LogP contribution >= 0.6 is 23.1 Å². The number of hydrogen-bond donors (Lipinski definition) is 1. The minimum atomic E-state index is 0.0979. The molecule has 1 rings (SSSR count). The Kier molecular flexibility index (Phi) is 4.93. The van der Waals surface area contributed by atoms with Gasteiger partial charge >= 0.3 is 0 Å². The number of carbonyl (C=O) groups is 1. The van der Waals surface area contributed by atoms with E-state index in [1.54, 1.807) is 18.3 Å². The van der Waals surface area contributed by atoms with Crippen LogP contribution in [0.5, 0.6) is 0 Å². The SMILES string of the molecule is CC(=O)SCC=Cc1ccc(CO)s1. The van der Waals surface area contributed by atoms with Crippen molar-refractivity contribution in [3.8, 4) is 0 Å². The topological polar surface area (TPSA) is 37.3 Å². The number of thiophene rings is 1. The molecule has 76 valence electrons. The largest absolute Gasteiger partial charge is 0.391 e. The highest BCUT2D eigenvalue weighted by atomic mass is 32.2. The second-order valence-corrected chi connectivity index (χ2v) is 5.06. The molecule has 0 saturated heterocycles. The first kappa shape index (κ1) is 11.5. The minimum Gasteiger partial charge on any atom is -0.391 e. The third-order valence-corrected chi connectivity index (χ3v) is 3.30. The van der Waals surface area contributed by atoms with Crippen LogP contribution in [0.1, 0.15) is 16.7 Å². The standard InChI is InChI=1S/C10H12O2S2/c1-8(12)13-6-2-3-9-4-5-10(7-11)14-9/h2-5,11H,6-7H2,1H3. The fraction of sp³-hybridized carbons (Fsp3) is 0.300. The summed E-state index contributed by atoms with van der Waals surface area (Å²) in [6.07, 6.45) is 3.93. The first-order valence-corrected chi connectivity index (χ1v) is 6.02. The molecule has 1 aromatic heterocycles. The lowest BCUT2D eigenvalue weighted by atomic mass is 10.4. The zero-order chi connectivity index (χ0) is 10.4. The Bertz CT molecular complexity index is 329. The Morgan fingerprint density at radius 3 is 3.00 bits per heavy atom. The van der Waals surface area contributed by atoms with Crippen LogP contribution < -0.4 is 0 Å². The van der Waals surface area contributed by atoms with E-state index in [9.17, 15) is 4.79 Å². The fourth-order valence-electron chi connectivity index (χ4n) is 0.899. The maximum Gasteiger partial charge on any atom is 0.186 e. The van der Waals surface area contributed by atoms with Gasteiger partial charge in [0.05, 0.1) is 6.61 Å². The van der Waals surface area contributed by atoms with Crippen molar-refractivity contribution in [3.05, 3.63) is 28.0 Å². The molecule has 0 aliphatic heterocycles. The van der Waals surface area contributed by atoms with E-state index in [1.165, 1.54) is 11.8 Å². The smallest absolute Gasteiger partial charge is 0.186 e. The number of aliphatic hydroxyl groups is 1. The molecule has 1 heterocycles. The normalized spacial score (nSPS) is 11.0. The minimum absolute atomic E-state index is 0.0979. The van der Waals surface area contributed by atoms with Crippen LogP contribution in [0.15, 0.2) is 18.2 Å². The summed E-state index contributed by atoms with van der Waals surface area (Å²) >= 11 is 2.85. The molecule has 14 heavy (non-hydrogen) atoms. The molecule has 0 bridgehead atoms. The predicted molar refractivity (Wildman–Crippen MR) is 62.4 cm³/mol. The number of hydrogen-bond acceptors (Lipinski definition) is 4. The van der Waals surface area contributed by atoms with Gasteiger partial charge in [-0.15, -0.1) is 11.3 Å². The average Bonchev–Trinajstić information content (AvgIpc) is 2.60. The quantitative estimate of drug-likeness (QED) is 0.860. The Hall–Kier alpha value is -0.580. The van der Waals surface area contributed by atoms with Gasteiger partial charge in [-0.1, -0.05) is 17.8 Å². The molecular formula is C10H12O2S2. The van der Waals surface area contributed by atoms with Gasteiger partial charge in [-0.25, -0.2) is 0 Å². The van der Waals surface area contributed by atoms with Gasteiger partial charge in [-0.05, 0) is 18.2 Å². The molecule has 0 aromatic carbocycles. The van der Waals surface area contributed by atoms with Crippen LogP contribution in [0.4, 0.5) is 0 Å². The molecule has 0 spiro atoms. The summed E-state index contributed by atoms with van der Waals surface area (Å²) < 4.78 is 0. The van der Waals surface area contributed by atoms with Gasteiger partial charge in [-0.2, -0.15) is 0 Å². The van der Waals surface area contributed by atoms with Crippen molar-refractivity contribution in [1.29, 1.82) is 0 Å². The highest BCUT2D eigenvalue weighted by Crippen LogP contribution is 2.18. The van der Waals surface area contributed by atoms with E-state index < -0.39 is 0 Å². The van der Waals surface area contributed by atoms with Gasteiger partial charge in [-0.3, -0.25) is 4.79 Å².